The predicted octanol–water partition coefficient (Wildman–Crippen LogP) is 4.93. The van der Waals surface area contributed by atoms with Crippen molar-refractivity contribution in [3.05, 3.63) is 12.7 Å². The maximum absolute atomic E-state index is 13.5. The number of aliphatic hydroxyl groups is 1. The van der Waals surface area contributed by atoms with Crippen molar-refractivity contribution < 1.29 is 24.2 Å². The number of hydrogen-bond acceptors (Lipinski definition) is 7. The first-order valence-electron chi connectivity index (χ1n) is 14.2. The van der Waals surface area contributed by atoms with Gasteiger partial charge in [-0.1, -0.05) is 47.6 Å². The van der Waals surface area contributed by atoms with Gasteiger partial charge in [-0.05, 0) is 56.0 Å². The van der Waals surface area contributed by atoms with E-state index >= 15 is 0 Å². The summed E-state index contributed by atoms with van der Waals surface area (Å²) >= 11 is 1.55. The normalized spacial score (nSPS) is 39.6. The minimum Gasteiger partial charge on any atom is -0.461 e. The summed E-state index contributed by atoms with van der Waals surface area (Å²) < 4.78 is 6.18. The van der Waals surface area contributed by atoms with Crippen molar-refractivity contribution in [3.8, 4) is 0 Å². The number of Topliss-reactive ketones (excluding diaryl/α,β-unsaturated/α-hetero) is 2. The first-order valence-corrected chi connectivity index (χ1v) is 15.4. The van der Waals surface area contributed by atoms with Gasteiger partial charge in [-0.25, -0.2) is 0 Å². The van der Waals surface area contributed by atoms with Crippen molar-refractivity contribution in [2.45, 2.75) is 92.3 Å². The van der Waals surface area contributed by atoms with E-state index in [0.717, 1.165) is 44.6 Å². The molecular weight excluding hydrogens is 486 g/mol. The van der Waals surface area contributed by atoms with E-state index in [1.807, 2.05) is 6.92 Å². The molecule has 210 valence electrons. The second-order valence-electron chi connectivity index (χ2n) is 12.4. The lowest BCUT2D eigenvalue weighted by molar-refractivity contribution is -0.206. The Morgan fingerprint density at radius 3 is 2.51 bits per heavy atom. The molecule has 1 N–H and O–H groups in total. The molecule has 0 radical (unpaired) electrons. The van der Waals surface area contributed by atoms with Crippen LogP contribution in [0.15, 0.2) is 12.7 Å². The second kappa shape index (κ2) is 11.9. The van der Waals surface area contributed by atoms with E-state index in [1.54, 1.807) is 17.8 Å². The molecule has 0 aliphatic heterocycles. The van der Waals surface area contributed by atoms with Crippen LogP contribution in [0.1, 0.15) is 80.1 Å². The van der Waals surface area contributed by atoms with Crippen LogP contribution in [0.3, 0.4) is 0 Å². The average molecular weight is 536 g/mol. The molecule has 2 unspecified atom stereocenters. The summed E-state index contributed by atoms with van der Waals surface area (Å²) in [7, 11) is 0. The Balaban J connectivity index is 1.80. The number of carbonyl (C=O) groups is 3. The highest BCUT2D eigenvalue weighted by atomic mass is 32.2. The lowest BCUT2D eigenvalue weighted by atomic mass is 9.44. The standard InChI is InChI=1S/C30H49NO5S/c1-8-28(6)18-24(36-25(34)17-22(32)19-37-16-15-31(9-2)10-3)29(7)20(4)11-13-30(21(5)27(28)35)14-12-23(33)26(29)30/h8,20-21,24,26-27,35H,1,9-19H2,2-7H3/t20?,21-,24+,26?,27-,28-,29-,30-/m0/s1. The van der Waals surface area contributed by atoms with Gasteiger partial charge >= 0.3 is 5.97 Å². The Bertz CT molecular complexity index is 874. The summed E-state index contributed by atoms with van der Waals surface area (Å²) in [6.07, 6.45) is 3.77. The molecule has 6 nitrogen and oxygen atoms in total. The minimum absolute atomic E-state index is 0.0645. The van der Waals surface area contributed by atoms with Gasteiger partial charge in [0, 0.05) is 35.5 Å². The molecule has 7 heteroatoms. The molecule has 37 heavy (non-hydrogen) atoms. The third kappa shape index (κ3) is 5.60. The molecule has 3 fully saturated rings. The molecule has 8 atom stereocenters. The quantitative estimate of drug-likeness (QED) is 0.174. The molecule has 3 aliphatic carbocycles. The number of esters is 1. The zero-order chi connectivity index (χ0) is 27.6. The Morgan fingerprint density at radius 1 is 1.22 bits per heavy atom. The monoisotopic (exact) mass is 535 g/mol. The smallest absolute Gasteiger partial charge is 0.313 e. The molecule has 0 heterocycles. The van der Waals surface area contributed by atoms with Crippen LogP contribution in [-0.4, -0.2) is 70.9 Å². The van der Waals surface area contributed by atoms with E-state index < -0.39 is 29.0 Å². The van der Waals surface area contributed by atoms with Crippen LogP contribution in [-0.2, 0) is 19.1 Å². The zero-order valence-electron chi connectivity index (χ0n) is 23.9. The number of ether oxygens (including phenoxy) is 1. The highest BCUT2D eigenvalue weighted by molar-refractivity contribution is 7.99. The zero-order valence-corrected chi connectivity index (χ0v) is 24.7. The molecule has 3 aliphatic rings. The second-order valence-corrected chi connectivity index (χ2v) is 13.5. The Hall–Kier alpha value is -1.18. The third-order valence-electron chi connectivity index (χ3n) is 10.6. The number of aliphatic hydroxyl groups excluding tert-OH is 1. The summed E-state index contributed by atoms with van der Waals surface area (Å²) in [5.74, 6) is 0.569. The van der Waals surface area contributed by atoms with Crippen molar-refractivity contribution in [1.29, 1.82) is 0 Å². The highest BCUT2D eigenvalue weighted by Crippen LogP contribution is 2.68. The molecule has 0 aromatic carbocycles. The van der Waals surface area contributed by atoms with Crippen molar-refractivity contribution in [2.24, 2.45) is 34.0 Å². The van der Waals surface area contributed by atoms with Crippen LogP contribution in [0, 0.1) is 34.0 Å². The molecule has 0 amide bonds. The molecule has 0 aromatic rings. The first kappa shape index (κ1) is 30.4. The fourth-order valence-electron chi connectivity index (χ4n) is 7.83. The van der Waals surface area contributed by atoms with E-state index in [1.165, 1.54) is 0 Å². The largest absolute Gasteiger partial charge is 0.461 e. The lowest BCUT2D eigenvalue weighted by Crippen LogP contribution is -2.63. The fourth-order valence-corrected chi connectivity index (χ4v) is 8.69. The number of nitrogens with zero attached hydrogens (tertiary/aromatic N) is 1. The molecule has 2 bridgehead atoms. The van der Waals surface area contributed by atoms with E-state index in [2.05, 4.69) is 46.1 Å². The van der Waals surface area contributed by atoms with Crippen LogP contribution in [0.5, 0.6) is 0 Å². The SMILES string of the molecule is C=C[C@@]1(C)C[C@@H](OC(=O)CC(=O)CSCCN(CC)CC)[C@]2(C)C(C)CC[C@]3(CCC(=O)C32)[C@@H](C)[C@@H]1O. The van der Waals surface area contributed by atoms with Gasteiger partial charge in [0.05, 0.1) is 11.9 Å². The topological polar surface area (TPSA) is 83.9 Å². The van der Waals surface area contributed by atoms with Gasteiger partial charge in [-0.15, -0.1) is 6.58 Å². The summed E-state index contributed by atoms with van der Waals surface area (Å²) in [4.78, 5) is 41.5. The summed E-state index contributed by atoms with van der Waals surface area (Å²) in [5.41, 5.74) is -1.53. The Morgan fingerprint density at radius 2 is 1.89 bits per heavy atom. The molecule has 3 rings (SSSR count). The average Bonchev–Trinajstić information content (AvgIpc) is 3.22. The van der Waals surface area contributed by atoms with Crippen LogP contribution in [0.25, 0.3) is 0 Å². The summed E-state index contributed by atoms with van der Waals surface area (Å²) in [5, 5.41) is 11.6. The van der Waals surface area contributed by atoms with E-state index in [4.69, 9.17) is 4.74 Å². The number of carbonyl (C=O) groups excluding carboxylic acids is 3. The van der Waals surface area contributed by atoms with Crippen LogP contribution < -0.4 is 0 Å². The van der Waals surface area contributed by atoms with E-state index in [-0.39, 0.29) is 41.2 Å². The summed E-state index contributed by atoms with van der Waals surface area (Å²) in [6.45, 7) is 19.6. The first-order chi connectivity index (χ1) is 17.4. The van der Waals surface area contributed by atoms with Gasteiger partial charge in [0.15, 0.2) is 5.78 Å². The van der Waals surface area contributed by atoms with Crippen molar-refractivity contribution in [1.82, 2.24) is 4.90 Å². The number of thioether (sulfide) groups is 1. The minimum atomic E-state index is -0.693. The predicted molar refractivity (Wildman–Crippen MR) is 149 cm³/mol. The molecule has 0 aromatic heterocycles. The van der Waals surface area contributed by atoms with E-state index in [9.17, 15) is 19.5 Å². The van der Waals surface area contributed by atoms with Gasteiger partial charge < -0.3 is 14.7 Å². The Kier molecular flexibility index (Phi) is 9.78. The van der Waals surface area contributed by atoms with Gasteiger partial charge in [0.2, 0.25) is 0 Å². The maximum Gasteiger partial charge on any atom is 0.313 e. The molecule has 3 saturated carbocycles. The van der Waals surface area contributed by atoms with Gasteiger partial charge in [-0.3, -0.25) is 14.4 Å². The lowest BCUT2D eigenvalue weighted by Gasteiger charge is -2.61. The number of rotatable bonds is 11. The van der Waals surface area contributed by atoms with Crippen LogP contribution in [0.4, 0.5) is 0 Å². The van der Waals surface area contributed by atoms with Crippen molar-refractivity contribution >= 4 is 29.3 Å². The number of ketones is 2. The van der Waals surface area contributed by atoms with Crippen LogP contribution in [0.2, 0.25) is 0 Å². The Labute approximate surface area is 228 Å². The van der Waals surface area contributed by atoms with Gasteiger partial charge in [0.25, 0.3) is 0 Å². The van der Waals surface area contributed by atoms with Gasteiger partial charge in [-0.2, -0.15) is 11.8 Å². The van der Waals surface area contributed by atoms with Crippen molar-refractivity contribution in [3.63, 3.8) is 0 Å². The van der Waals surface area contributed by atoms with Crippen LogP contribution >= 0.6 is 11.8 Å². The number of hydrogen-bond donors (Lipinski definition) is 1. The molecule has 0 spiro atoms. The summed E-state index contributed by atoms with van der Waals surface area (Å²) in [6, 6.07) is 0. The van der Waals surface area contributed by atoms with E-state index in [0.29, 0.717) is 18.6 Å². The van der Waals surface area contributed by atoms with Gasteiger partial charge in [0.1, 0.15) is 18.3 Å². The highest BCUT2D eigenvalue weighted by Gasteiger charge is 2.68. The third-order valence-corrected chi connectivity index (χ3v) is 11.6. The molecule has 0 saturated heterocycles. The maximum atomic E-state index is 13.5. The van der Waals surface area contributed by atoms with Crippen molar-refractivity contribution in [2.75, 3.05) is 31.1 Å². The fraction of sp³-hybridized carbons (Fsp3) is 0.833. The molecular formula is C30H49NO5S.